The van der Waals surface area contributed by atoms with Gasteiger partial charge in [0, 0.05) is 31.8 Å². The van der Waals surface area contributed by atoms with E-state index >= 15 is 0 Å². The number of esters is 1. The molecule has 0 radical (unpaired) electrons. The lowest BCUT2D eigenvalue weighted by Crippen LogP contribution is -2.47. The van der Waals surface area contributed by atoms with Gasteiger partial charge in [0.25, 0.3) is 0 Å². The second-order valence-electron chi connectivity index (χ2n) is 13.4. The van der Waals surface area contributed by atoms with Crippen molar-refractivity contribution in [2.45, 2.75) is 174 Å². The molecule has 5 atom stereocenters. The fourth-order valence-corrected chi connectivity index (χ4v) is 7.79. The topological polar surface area (TPSA) is 55.8 Å². The molecule has 5 unspecified atom stereocenters. The molecular formula is C38H63NO4. The van der Waals surface area contributed by atoms with Crippen LogP contribution in [0.25, 0.3) is 0 Å². The second-order valence-corrected chi connectivity index (χ2v) is 13.4. The summed E-state index contributed by atoms with van der Waals surface area (Å²) in [5.41, 5.74) is 1.32. The molecule has 1 aromatic carbocycles. The molecule has 43 heavy (non-hydrogen) atoms. The van der Waals surface area contributed by atoms with Crippen molar-refractivity contribution in [3.63, 3.8) is 0 Å². The van der Waals surface area contributed by atoms with Gasteiger partial charge in [0.15, 0.2) is 0 Å². The lowest BCUT2D eigenvalue weighted by atomic mass is 9.79. The van der Waals surface area contributed by atoms with Gasteiger partial charge >= 0.3 is 12.1 Å². The fraction of sp³-hybridized carbons (Fsp3) is 0.789. The Morgan fingerprint density at radius 3 is 1.77 bits per heavy atom. The summed E-state index contributed by atoms with van der Waals surface area (Å²) in [4.78, 5) is 27.5. The van der Waals surface area contributed by atoms with E-state index in [2.05, 4.69) is 31.2 Å². The molecule has 0 aromatic heterocycles. The third-order valence-corrected chi connectivity index (χ3v) is 10.0. The third kappa shape index (κ3) is 12.5. The summed E-state index contributed by atoms with van der Waals surface area (Å²) in [5, 5.41) is 0. The molecule has 0 N–H and O–H groups in total. The number of carbonyl (C=O) groups excluding carboxylic acids is 2. The minimum Gasteiger partial charge on any atom is -0.425 e. The van der Waals surface area contributed by atoms with Crippen molar-refractivity contribution in [1.82, 2.24) is 4.90 Å². The highest BCUT2D eigenvalue weighted by atomic mass is 16.7. The van der Waals surface area contributed by atoms with Crippen molar-refractivity contribution in [1.29, 1.82) is 0 Å². The Balaban J connectivity index is 1.20. The van der Waals surface area contributed by atoms with Crippen molar-refractivity contribution in [3.05, 3.63) is 35.9 Å². The van der Waals surface area contributed by atoms with Crippen LogP contribution in [0.15, 0.2) is 30.3 Å². The molecule has 5 heteroatoms. The van der Waals surface area contributed by atoms with Crippen LogP contribution >= 0.6 is 0 Å². The van der Waals surface area contributed by atoms with Crippen molar-refractivity contribution < 1.29 is 19.1 Å². The van der Waals surface area contributed by atoms with Crippen molar-refractivity contribution in [3.8, 4) is 0 Å². The first kappa shape index (κ1) is 35.4. The maximum absolute atomic E-state index is 13.2. The summed E-state index contributed by atoms with van der Waals surface area (Å²) in [6, 6.07) is 10.8. The number of unbranched alkanes of at least 4 members (excludes halogenated alkanes) is 16. The van der Waals surface area contributed by atoms with E-state index in [1.807, 2.05) is 17.9 Å². The molecule has 2 aliphatic carbocycles. The van der Waals surface area contributed by atoms with Crippen molar-refractivity contribution >= 4 is 12.1 Å². The van der Waals surface area contributed by atoms with Gasteiger partial charge in [-0.2, -0.15) is 0 Å². The number of rotatable bonds is 23. The molecule has 2 bridgehead atoms. The quantitative estimate of drug-likeness (QED) is 0.0715. The molecule has 2 saturated carbocycles. The molecule has 1 amide bonds. The lowest BCUT2D eigenvalue weighted by molar-refractivity contribution is -0.166. The van der Waals surface area contributed by atoms with E-state index in [0.717, 1.165) is 12.8 Å². The number of likely N-dealkylation sites (N-methyl/N-ethyl adjacent to an activating group) is 1. The van der Waals surface area contributed by atoms with Crippen LogP contribution in [-0.2, 0) is 14.3 Å². The van der Waals surface area contributed by atoms with Crippen molar-refractivity contribution in [2.75, 3.05) is 6.54 Å². The SMILES string of the molecule is CCCCCCCCCCCCCCCCCCCC(=O)OC(C)OC(=O)N(CC)C1C2CCC(C2)C1c1ccccc1. The lowest BCUT2D eigenvalue weighted by Gasteiger charge is -2.39. The Hall–Kier alpha value is -2.04. The van der Waals surface area contributed by atoms with E-state index < -0.39 is 6.29 Å². The number of fused-ring (bicyclic) bond motifs is 2. The standard InChI is InChI=1S/C38H63NO4/c1-4-6-7-8-9-10-11-12-13-14-15-16-17-18-19-20-24-27-35(40)42-31(3)43-38(41)39(5-2)37-34-29-28-33(30-34)36(37)32-25-22-21-23-26-32/h21-23,25-26,31,33-34,36-37H,4-20,24,27-30H2,1-3H3. The van der Waals surface area contributed by atoms with Crippen LogP contribution in [-0.4, -0.2) is 35.8 Å². The first-order valence-corrected chi connectivity index (χ1v) is 18.3. The number of hydrogen-bond acceptors (Lipinski definition) is 4. The van der Waals surface area contributed by atoms with Gasteiger partial charge in [-0.1, -0.05) is 140 Å². The monoisotopic (exact) mass is 597 g/mol. The van der Waals surface area contributed by atoms with Gasteiger partial charge in [-0.25, -0.2) is 4.79 Å². The smallest absolute Gasteiger partial charge is 0.413 e. The van der Waals surface area contributed by atoms with Crippen molar-refractivity contribution in [2.24, 2.45) is 11.8 Å². The molecule has 0 spiro atoms. The van der Waals surface area contributed by atoms with Crippen LogP contribution in [0.1, 0.15) is 167 Å². The Kier molecular flexibility index (Phi) is 17.2. The van der Waals surface area contributed by atoms with E-state index in [-0.39, 0.29) is 18.1 Å². The number of hydrogen-bond donors (Lipinski definition) is 0. The highest BCUT2D eigenvalue weighted by molar-refractivity contribution is 5.71. The van der Waals surface area contributed by atoms with Gasteiger partial charge in [-0.15, -0.1) is 0 Å². The average Bonchev–Trinajstić information content (AvgIpc) is 3.62. The van der Waals surface area contributed by atoms with E-state index in [4.69, 9.17) is 9.47 Å². The summed E-state index contributed by atoms with van der Waals surface area (Å²) >= 11 is 0. The Labute approximate surface area is 263 Å². The summed E-state index contributed by atoms with van der Waals surface area (Å²) in [6.07, 6.45) is 25.1. The molecule has 3 rings (SSSR count). The van der Waals surface area contributed by atoms with Crippen LogP contribution in [0.3, 0.4) is 0 Å². The molecule has 2 aliphatic rings. The van der Waals surface area contributed by atoms with Crippen LogP contribution < -0.4 is 0 Å². The van der Waals surface area contributed by atoms with Crippen LogP contribution in [0, 0.1) is 11.8 Å². The van der Waals surface area contributed by atoms with E-state index in [1.165, 1.54) is 121 Å². The predicted molar refractivity (Wildman–Crippen MR) is 177 cm³/mol. The van der Waals surface area contributed by atoms with Crippen LogP contribution in [0.2, 0.25) is 0 Å². The Bertz CT molecular complexity index is 889. The number of amides is 1. The van der Waals surface area contributed by atoms with Gasteiger partial charge in [-0.3, -0.25) is 4.79 Å². The maximum atomic E-state index is 13.2. The van der Waals surface area contributed by atoms with E-state index in [9.17, 15) is 9.59 Å². The number of nitrogens with zero attached hydrogens (tertiary/aromatic N) is 1. The molecule has 244 valence electrons. The Morgan fingerprint density at radius 1 is 0.721 bits per heavy atom. The summed E-state index contributed by atoms with van der Waals surface area (Å²) in [7, 11) is 0. The van der Waals surface area contributed by atoms with Gasteiger partial charge in [-0.05, 0) is 50.0 Å². The van der Waals surface area contributed by atoms with Gasteiger partial charge in [0.1, 0.15) is 0 Å². The zero-order valence-electron chi connectivity index (χ0n) is 27.9. The van der Waals surface area contributed by atoms with Gasteiger partial charge in [0.05, 0.1) is 0 Å². The zero-order chi connectivity index (χ0) is 30.7. The number of ether oxygens (including phenoxy) is 2. The summed E-state index contributed by atoms with van der Waals surface area (Å²) in [5.74, 6) is 1.22. The minimum atomic E-state index is -0.867. The Morgan fingerprint density at radius 2 is 1.23 bits per heavy atom. The molecule has 5 nitrogen and oxygen atoms in total. The van der Waals surface area contributed by atoms with Gasteiger partial charge < -0.3 is 14.4 Å². The molecule has 0 saturated heterocycles. The zero-order valence-corrected chi connectivity index (χ0v) is 27.9. The van der Waals surface area contributed by atoms with Crippen LogP contribution in [0.5, 0.6) is 0 Å². The van der Waals surface area contributed by atoms with E-state index in [1.54, 1.807) is 6.92 Å². The fourth-order valence-electron chi connectivity index (χ4n) is 7.79. The molecule has 2 fully saturated rings. The van der Waals surface area contributed by atoms with Crippen LogP contribution in [0.4, 0.5) is 4.79 Å². The number of carbonyl (C=O) groups is 2. The van der Waals surface area contributed by atoms with Gasteiger partial charge in [0.2, 0.25) is 6.29 Å². The highest BCUT2D eigenvalue weighted by Gasteiger charge is 2.51. The first-order chi connectivity index (χ1) is 21.0. The van der Waals surface area contributed by atoms with E-state index in [0.29, 0.717) is 30.7 Å². The third-order valence-electron chi connectivity index (χ3n) is 10.0. The highest BCUT2D eigenvalue weighted by Crippen LogP contribution is 2.55. The summed E-state index contributed by atoms with van der Waals surface area (Å²) in [6.45, 7) is 6.55. The maximum Gasteiger partial charge on any atom is 0.413 e. The first-order valence-electron chi connectivity index (χ1n) is 18.3. The molecular weight excluding hydrogens is 534 g/mol. The minimum absolute atomic E-state index is 0.149. The predicted octanol–water partition coefficient (Wildman–Crippen LogP) is 11.0. The molecule has 0 aliphatic heterocycles. The molecule has 1 aromatic rings. The largest absolute Gasteiger partial charge is 0.425 e. The summed E-state index contributed by atoms with van der Waals surface area (Å²) < 4.78 is 11.1. The molecule has 0 heterocycles. The number of benzene rings is 1. The normalized spacial score (nSPS) is 21.6. The average molecular weight is 598 g/mol. The second kappa shape index (κ2) is 20.8.